The molecule has 0 fully saturated rings. The van der Waals surface area contributed by atoms with Crippen molar-refractivity contribution in [1.82, 2.24) is 0 Å². The molecular formula is C29H40O4. The van der Waals surface area contributed by atoms with Crippen LogP contribution in [0.25, 0.3) is 6.08 Å². The van der Waals surface area contributed by atoms with Gasteiger partial charge in [0.25, 0.3) is 0 Å². The lowest BCUT2D eigenvalue weighted by atomic mass is 9.99. The molecule has 0 aliphatic heterocycles. The average molecular weight is 453 g/mol. The van der Waals surface area contributed by atoms with E-state index in [2.05, 4.69) is 13.8 Å². The van der Waals surface area contributed by atoms with Crippen LogP contribution in [0.5, 0.6) is 17.2 Å². The summed E-state index contributed by atoms with van der Waals surface area (Å²) in [7, 11) is 0. The molecule has 4 heteroatoms. The Morgan fingerprint density at radius 3 is 2.03 bits per heavy atom. The Balaban J connectivity index is 2.40. The molecule has 0 unspecified atom stereocenters. The predicted molar refractivity (Wildman–Crippen MR) is 137 cm³/mol. The van der Waals surface area contributed by atoms with Crippen LogP contribution in [0.15, 0.2) is 42.5 Å². The van der Waals surface area contributed by atoms with Crippen LogP contribution in [0.4, 0.5) is 0 Å². The van der Waals surface area contributed by atoms with E-state index in [1.165, 1.54) is 0 Å². The summed E-state index contributed by atoms with van der Waals surface area (Å²) in [5, 5.41) is 0. The number of benzene rings is 2. The molecule has 0 aromatic heterocycles. The molecule has 0 atom stereocenters. The first-order chi connectivity index (χ1) is 15.4. The summed E-state index contributed by atoms with van der Waals surface area (Å²) in [5.74, 6) is 2.25. The van der Waals surface area contributed by atoms with Crippen molar-refractivity contribution < 1.29 is 19.0 Å². The van der Waals surface area contributed by atoms with Gasteiger partial charge in [-0.25, -0.2) is 0 Å². The molecule has 0 aliphatic carbocycles. The highest BCUT2D eigenvalue weighted by Crippen LogP contribution is 2.35. The SMILES string of the molecule is CCCOc1ccc(C(=O)C=Cc2cc(OC(C)(C)C)cc(OC(C)(C)C)c2CCC)cc1. The van der Waals surface area contributed by atoms with Gasteiger partial charge in [-0.05, 0) is 96.4 Å². The summed E-state index contributed by atoms with van der Waals surface area (Å²) in [6, 6.07) is 11.3. The maximum atomic E-state index is 12.8. The highest BCUT2D eigenvalue weighted by molar-refractivity contribution is 6.07. The van der Waals surface area contributed by atoms with E-state index >= 15 is 0 Å². The van der Waals surface area contributed by atoms with Gasteiger partial charge in [0.2, 0.25) is 0 Å². The summed E-state index contributed by atoms with van der Waals surface area (Å²) >= 11 is 0. The number of ketones is 1. The first kappa shape index (κ1) is 26.5. The van der Waals surface area contributed by atoms with Crippen molar-refractivity contribution in [1.29, 1.82) is 0 Å². The summed E-state index contributed by atoms with van der Waals surface area (Å²) in [6.07, 6.45) is 6.26. The molecule has 0 heterocycles. The number of rotatable bonds is 10. The molecule has 2 aromatic carbocycles. The van der Waals surface area contributed by atoms with Crippen molar-refractivity contribution in [2.45, 2.75) is 85.9 Å². The Bertz CT molecular complexity index is 941. The molecule has 0 bridgehead atoms. The minimum Gasteiger partial charge on any atom is -0.494 e. The van der Waals surface area contributed by atoms with Crippen molar-refractivity contribution in [3.8, 4) is 17.2 Å². The Kier molecular flexibility index (Phi) is 9.16. The number of allylic oxidation sites excluding steroid dienone is 1. The number of carbonyl (C=O) groups excluding carboxylic acids is 1. The molecule has 0 aliphatic rings. The molecule has 0 N–H and O–H groups in total. The largest absolute Gasteiger partial charge is 0.494 e. The van der Waals surface area contributed by atoms with Gasteiger partial charge < -0.3 is 14.2 Å². The van der Waals surface area contributed by atoms with E-state index in [0.717, 1.165) is 47.6 Å². The number of carbonyl (C=O) groups is 1. The average Bonchev–Trinajstić information content (AvgIpc) is 2.70. The second-order valence-corrected chi connectivity index (χ2v) is 10.2. The Hall–Kier alpha value is -2.75. The van der Waals surface area contributed by atoms with Crippen molar-refractivity contribution >= 4 is 11.9 Å². The highest BCUT2D eigenvalue weighted by atomic mass is 16.5. The van der Waals surface area contributed by atoms with Gasteiger partial charge in [-0.3, -0.25) is 4.79 Å². The Morgan fingerprint density at radius 1 is 0.848 bits per heavy atom. The fraction of sp³-hybridized carbons (Fsp3) is 0.483. The second-order valence-electron chi connectivity index (χ2n) is 10.2. The topological polar surface area (TPSA) is 44.8 Å². The third-order valence-corrected chi connectivity index (χ3v) is 4.58. The van der Waals surface area contributed by atoms with Gasteiger partial charge in [0.1, 0.15) is 28.5 Å². The summed E-state index contributed by atoms with van der Waals surface area (Å²) in [6.45, 7) is 17.0. The molecule has 2 rings (SSSR count). The van der Waals surface area contributed by atoms with E-state index in [4.69, 9.17) is 14.2 Å². The lowest BCUT2D eigenvalue weighted by Crippen LogP contribution is -2.25. The standard InChI is InChI=1S/C29H40O4/c1-9-11-25-22(14-17-26(30)21-12-15-23(16-13-21)31-18-10-2)19-24(32-28(3,4)5)20-27(25)33-29(6,7)8/h12-17,19-20H,9-11,18H2,1-8H3. The monoisotopic (exact) mass is 452 g/mol. The van der Waals surface area contributed by atoms with Crippen LogP contribution >= 0.6 is 0 Å². The van der Waals surface area contributed by atoms with E-state index in [1.54, 1.807) is 18.2 Å². The molecular weight excluding hydrogens is 412 g/mol. The summed E-state index contributed by atoms with van der Waals surface area (Å²) in [5.41, 5.74) is 1.96. The first-order valence-electron chi connectivity index (χ1n) is 11.9. The predicted octanol–water partition coefficient (Wildman–Crippen LogP) is 7.68. The highest BCUT2D eigenvalue weighted by Gasteiger charge is 2.20. The van der Waals surface area contributed by atoms with E-state index in [1.807, 2.05) is 71.9 Å². The van der Waals surface area contributed by atoms with Gasteiger partial charge in [-0.1, -0.05) is 26.3 Å². The fourth-order valence-electron chi connectivity index (χ4n) is 3.34. The maximum Gasteiger partial charge on any atom is 0.185 e. The molecule has 0 saturated carbocycles. The molecule has 4 nitrogen and oxygen atoms in total. The Labute approximate surface area is 200 Å². The molecule has 0 radical (unpaired) electrons. The van der Waals surface area contributed by atoms with Crippen molar-refractivity contribution in [2.24, 2.45) is 0 Å². The minimum atomic E-state index is -0.346. The molecule has 0 spiro atoms. The number of ether oxygens (including phenoxy) is 3. The van der Waals surface area contributed by atoms with Crippen LogP contribution in [-0.4, -0.2) is 23.6 Å². The van der Waals surface area contributed by atoms with Crippen LogP contribution in [0, 0.1) is 0 Å². The van der Waals surface area contributed by atoms with E-state index in [-0.39, 0.29) is 17.0 Å². The zero-order chi connectivity index (χ0) is 24.6. The third-order valence-electron chi connectivity index (χ3n) is 4.58. The zero-order valence-electron chi connectivity index (χ0n) is 21.6. The lowest BCUT2D eigenvalue weighted by molar-refractivity contribution is 0.104. The minimum absolute atomic E-state index is 0.0556. The molecule has 180 valence electrons. The van der Waals surface area contributed by atoms with Gasteiger partial charge in [0, 0.05) is 17.2 Å². The summed E-state index contributed by atoms with van der Waals surface area (Å²) in [4.78, 5) is 12.8. The molecule has 0 amide bonds. The molecule has 33 heavy (non-hydrogen) atoms. The van der Waals surface area contributed by atoms with Crippen LogP contribution < -0.4 is 14.2 Å². The summed E-state index contributed by atoms with van der Waals surface area (Å²) < 4.78 is 18.1. The van der Waals surface area contributed by atoms with Crippen molar-refractivity contribution in [3.05, 3.63) is 59.2 Å². The van der Waals surface area contributed by atoms with Crippen LogP contribution in [0.3, 0.4) is 0 Å². The molecule has 2 aromatic rings. The quantitative estimate of drug-likeness (QED) is 0.274. The van der Waals surface area contributed by atoms with Gasteiger partial charge >= 0.3 is 0 Å². The second kappa shape index (κ2) is 11.4. The fourth-order valence-corrected chi connectivity index (χ4v) is 3.34. The molecule has 0 saturated heterocycles. The van der Waals surface area contributed by atoms with Crippen molar-refractivity contribution in [2.75, 3.05) is 6.61 Å². The van der Waals surface area contributed by atoms with E-state index < -0.39 is 0 Å². The Morgan fingerprint density at radius 2 is 1.48 bits per heavy atom. The van der Waals surface area contributed by atoms with E-state index in [9.17, 15) is 4.79 Å². The van der Waals surface area contributed by atoms with E-state index in [0.29, 0.717) is 12.2 Å². The van der Waals surface area contributed by atoms with Crippen molar-refractivity contribution in [3.63, 3.8) is 0 Å². The zero-order valence-corrected chi connectivity index (χ0v) is 21.6. The van der Waals surface area contributed by atoms with Gasteiger partial charge in [-0.15, -0.1) is 0 Å². The van der Waals surface area contributed by atoms with Crippen LogP contribution in [0.2, 0.25) is 0 Å². The maximum absolute atomic E-state index is 12.8. The normalized spacial score (nSPS) is 12.1. The third kappa shape index (κ3) is 8.95. The van der Waals surface area contributed by atoms with Crippen LogP contribution in [-0.2, 0) is 6.42 Å². The van der Waals surface area contributed by atoms with Crippen LogP contribution in [0.1, 0.15) is 89.7 Å². The first-order valence-corrected chi connectivity index (χ1v) is 11.9. The lowest BCUT2D eigenvalue weighted by Gasteiger charge is -2.27. The van der Waals surface area contributed by atoms with Gasteiger partial charge in [-0.2, -0.15) is 0 Å². The van der Waals surface area contributed by atoms with Gasteiger partial charge in [0.05, 0.1) is 6.61 Å². The van der Waals surface area contributed by atoms with Gasteiger partial charge in [0.15, 0.2) is 5.78 Å². The number of hydrogen-bond acceptors (Lipinski definition) is 4. The number of hydrogen-bond donors (Lipinski definition) is 0. The smallest absolute Gasteiger partial charge is 0.185 e.